The number of anilines is 1. The zero-order chi connectivity index (χ0) is 16.9. The molecular formula is C18H29N3O2. The van der Waals surface area contributed by atoms with Crippen LogP contribution in [0.15, 0.2) is 24.3 Å². The molecule has 0 aromatic heterocycles. The van der Waals surface area contributed by atoms with Crippen molar-refractivity contribution in [2.24, 2.45) is 0 Å². The summed E-state index contributed by atoms with van der Waals surface area (Å²) in [4.78, 5) is 11.7. The van der Waals surface area contributed by atoms with E-state index in [0.29, 0.717) is 12.6 Å². The number of urea groups is 1. The first kappa shape index (κ1) is 17.8. The Balaban J connectivity index is 1.84. The maximum absolute atomic E-state index is 11.7. The molecule has 1 unspecified atom stereocenters. The van der Waals surface area contributed by atoms with Crippen LogP contribution in [0.2, 0.25) is 0 Å². The van der Waals surface area contributed by atoms with Crippen LogP contribution >= 0.6 is 0 Å². The molecule has 5 heteroatoms. The Morgan fingerprint density at radius 3 is 2.39 bits per heavy atom. The van der Waals surface area contributed by atoms with Gasteiger partial charge in [-0.25, -0.2) is 4.79 Å². The highest BCUT2D eigenvalue weighted by Gasteiger charge is 2.23. The Kier molecular flexibility index (Phi) is 6.02. The molecule has 1 fully saturated rings. The Labute approximate surface area is 138 Å². The van der Waals surface area contributed by atoms with Gasteiger partial charge in [0.05, 0.1) is 5.60 Å². The van der Waals surface area contributed by atoms with E-state index in [9.17, 15) is 9.90 Å². The minimum absolute atomic E-state index is 0.137. The molecule has 2 amide bonds. The van der Waals surface area contributed by atoms with Crippen LogP contribution in [0.25, 0.3) is 0 Å². The maximum atomic E-state index is 11.7. The summed E-state index contributed by atoms with van der Waals surface area (Å²) in [6, 6.07) is 8.19. The number of aliphatic hydroxyl groups is 1. The van der Waals surface area contributed by atoms with Crippen molar-refractivity contribution in [2.45, 2.75) is 64.1 Å². The average Bonchev–Trinajstić information content (AvgIpc) is 3.36. The van der Waals surface area contributed by atoms with Crippen LogP contribution in [-0.4, -0.2) is 29.3 Å². The van der Waals surface area contributed by atoms with Crippen LogP contribution in [-0.2, 0) is 0 Å². The first-order valence-corrected chi connectivity index (χ1v) is 8.59. The molecule has 0 saturated heterocycles. The molecule has 5 nitrogen and oxygen atoms in total. The topological polar surface area (TPSA) is 73.4 Å². The molecule has 1 atom stereocenters. The van der Waals surface area contributed by atoms with E-state index in [-0.39, 0.29) is 12.1 Å². The summed E-state index contributed by atoms with van der Waals surface area (Å²) in [6.07, 6.45) is 3.64. The molecule has 0 spiro atoms. The highest BCUT2D eigenvalue weighted by Crippen LogP contribution is 2.20. The van der Waals surface area contributed by atoms with Crippen LogP contribution in [0, 0.1) is 0 Å². The van der Waals surface area contributed by atoms with Gasteiger partial charge < -0.3 is 21.1 Å². The molecule has 23 heavy (non-hydrogen) atoms. The Hall–Kier alpha value is -1.59. The van der Waals surface area contributed by atoms with E-state index in [0.717, 1.165) is 36.9 Å². The largest absolute Gasteiger partial charge is 0.389 e. The zero-order valence-corrected chi connectivity index (χ0v) is 14.4. The Morgan fingerprint density at radius 1 is 1.26 bits per heavy atom. The fraction of sp³-hybridized carbons (Fsp3) is 0.611. The Morgan fingerprint density at radius 2 is 1.87 bits per heavy atom. The van der Waals surface area contributed by atoms with Crippen molar-refractivity contribution < 1.29 is 9.90 Å². The molecule has 128 valence electrons. The monoisotopic (exact) mass is 319 g/mol. The van der Waals surface area contributed by atoms with Crippen LogP contribution in [0.1, 0.15) is 58.1 Å². The van der Waals surface area contributed by atoms with Crippen molar-refractivity contribution in [1.82, 2.24) is 10.6 Å². The highest BCUT2D eigenvalue weighted by molar-refractivity contribution is 5.89. The molecule has 0 bridgehead atoms. The number of nitrogens with one attached hydrogen (secondary N) is 3. The van der Waals surface area contributed by atoms with Gasteiger partial charge >= 0.3 is 6.03 Å². The van der Waals surface area contributed by atoms with Gasteiger partial charge in [0.1, 0.15) is 0 Å². The molecule has 1 aromatic carbocycles. The van der Waals surface area contributed by atoms with E-state index in [1.807, 2.05) is 38.1 Å². The fourth-order valence-corrected chi connectivity index (χ4v) is 2.40. The highest BCUT2D eigenvalue weighted by atomic mass is 16.3. The Bertz CT molecular complexity index is 508. The van der Waals surface area contributed by atoms with Crippen LogP contribution in [0.4, 0.5) is 10.5 Å². The predicted molar refractivity (Wildman–Crippen MR) is 93.6 cm³/mol. The summed E-state index contributed by atoms with van der Waals surface area (Å²) in [5.74, 6) is 0. The third-order valence-corrected chi connectivity index (χ3v) is 4.63. The van der Waals surface area contributed by atoms with Gasteiger partial charge in [-0.3, -0.25) is 0 Å². The molecule has 2 rings (SSSR count). The summed E-state index contributed by atoms with van der Waals surface area (Å²) < 4.78 is 0. The van der Waals surface area contributed by atoms with Crippen molar-refractivity contribution in [3.05, 3.63) is 29.8 Å². The second kappa shape index (κ2) is 7.79. The summed E-state index contributed by atoms with van der Waals surface area (Å²) in [5.41, 5.74) is 1.28. The SMILES string of the molecule is CCC(O)(CC)CNC(C)c1ccc(NC(=O)NC2CC2)cc1. The third kappa shape index (κ3) is 5.52. The van der Waals surface area contributed by atoms with Gasteiger partial charge in [-0.05, 0) is 50.3 Å². The van der Waals surface area contributed by atoms with Crippen molar-refractivity contribution >= 4 is 11.7 Å². The number of carbonyl (C=O) groups excluding carboxylic acids is 1. The zero-order valence-electron chi connectivity index (χ0n) is 14.4. The molecule has 1 aliphatic carbocycles. The molecule has 1 aromatic rings. The van der Waals surface area contributed by atoms with Crippen LogP contribution in [0.5, 0.6) is 0 Å². The number of hydrogen-bond acceptors (Lipinski definition) is 3. The van der Waals surface area contributed by atoms with Crippen LogP contribution in [0.3, 0.4) is 0 Å². The van der Waals surface area contributed by atoms with E-state index in [2.05, 4.69) is 22.9 Å². The lowest BCUT2D eigenvalue weighted by Gasteiger charge is -2.27. The molecule has 1 saturated carbocycles. The molecule has 0 heterocycles. The summed E-state index contributed by atoms with van der Waals surface area (Å²) in [6.45, 7) is 6.66. The molecule has 1 aliphatic rings. The van der Waals surface area contributed by atoms with Gasteiger partial charge in [-0.15, -0.1) is 0 Å². The quantitative estimate of drug-likeness (QED) is 0.594. The van der Waals surface area contributed by atoms with Crippen LogP contribution < -0.4 is 16.0 Å². The van der Waals surface area contributed by atoms with Gasteiger partial charge in [0, 0.05) is 24.3 Å². The third-order valence-electron chi connectivity index (χ3n) is 4.63. The van der Waals surface area contributed by atoms with Gasteiger partial charge in [-0.2, -0.15) is 0 Å². The number of rotatable bonds is 8. The maximum Gasteiger partial charge on any atom is 0.319 e. The second-order valence-electron chi connectivity index (χ2n) is 6.53. The van der Waals surface area contributed by atoms with E-state index in [1.165, 1.54) is 0 Å². The van der Waals surface area contributed by atoms with Gasteiger partial charge in [0.2, 0.25) is 0 Å². The summed E-state index contributed by atoms with van der Waals surface area (Å²) in [7, 11) is 0. The van der Waals surface area contributed by atoms with Crippen molar-refractivity contribution in [3.8, 4) is 0 Å². The van der Waals surface area contributed by atoms with E-state index in [4.69, 9.17) is 0 Å². The second-order valence-corrected chi connectivity index (χ2v) is 6.53. The van der Waals surface area contributed by atoms with Crippen molar-refractivity contribution in [2.75, 3.05) is 11.9 Å². The van der Waals surface area contributed by atoms with Crippen molar-refractivity contribution in [3.63, 3.8) is 0 Å². The van der Waals surface area contributed by atoms with E-state index < -0.39 is 5.60 Å². The van der Waals surface area contributed by atoms with Gasteiger partial charge in [0.15, 0.2) is 0 Å². The lowest BCUT2D eigenvalue weighted by molar-refractivity contribution is 0.0303. The number of hydrogen-bond donors (Lipinski definition) is 4. The lowest BCUT2D eigenvalue weighted by Crippen LogP contribution is -2.40. The predicted octanol–water partition coefficient (Wildman–Crippen LogP) is 3.17. The molecular weight excluding hydrogens is 290 g/mol. The first-order valence-electron chi connectivity index (χ1n) is 8.59. The van der Waals surface area contributed by atoms with Gasteiger partial charge in [-0.1, -0.05) is 26.0 Å². The number of carbonyl (C=O) groups is 1. The number of amides is 2. The molecule has 4 N–H and O–H groups in total. The normalized spacial score (nSPS) is 16.0. The molecule has 0 aliphatic heterocycles. The number of benzene rings is 1. The summed E-state index contributed by atoms with van der Waals surface area (Å²) >= 11 is 0. The first-order chi connectivity index (χ1) is 11.0. The van der Waals surface area contributed by atoms with E-state index in [1.54, 1.807) is 0 Å². The molecule has 0 radical (unpaired) electrons. The lowest BCUT2D eigenvalue weighted by atomic mass is 9.96. The van der Waals surface area contributed by atoms with E-state index >= 15 is 0 Å². The van der Waals surface area contributed by atoms with Gasteiger partial charge in [0.25, 0.3) is 0 Å². The summed E-state index contributed by atoms with van der Waals surface area (Å²) in [5, 5.41) is 19.5. The smallest absolute Gasteiger partial charge is 0.319 e. The minimum Gasteiger partial charge on any atom is -0.389 e. The van der Waals surface area contributed by atoms with Crippen molar-refractivity contribution in [1.29, 1.82) is 0 Å². The standard InChI is InChI=1S/C18H29N3O2/c1-4-18(23,5-2)12-19-13(3)14-6-8-15(9-7-14)20-17(22)21-16-10-11-16/h6-9,13,16,19,23H,4-5,10-12H2,1-3H3,(H2,20,21,22). The fourth-order valence-electron chi connectivity index (χ4n) is 2.40. The average molecular weight is 319 g/mol. The minimum atomic E-state index is -0.642.